The van der Waals surface area contributed by atoms with Crippen molar-refractivity contribution in [3.63, 3.8) is 0 Å². The number of esters is 1. The van der Waals surface area contributed by atoms with Gasteiger partial charge in [-0.25, -0.2) is 4.79 Å². The van der Waals surface area contributed by atoms with Gasteiger partial charge in [0.2, 0.25) is 5.78 Å². The summed E-state index contributed by atoms with van der Waals surface area (Å²) in [4.78, 5) is 50.6. The average Bonchev–Trinajstić information content (AvgIpc) is 2.81. The highest BCUT2D eigenvalue weighted by Gasteiger charge is 2.25. The van der Waals surface area contributed by atoms with Gasteiger partial charge < -0.3 is 10.5 Å². The summed E-state index contributed by atoms with van der Waals surface area (Å²) in [5.74, 6) is -2.12. The number of aromatic nitrogens is 2. The molecule has 1 unspecified atom stereocenters. The maximum atomic E-state index is 12.8. The zero-order chi connectivity index (χ0) is 23.3. The average molecular weight is 435 g/mol. The Hall–Kier alpha value is -3.94. The number of ketones is 1. The summed E-state index contributed by atoms with van der Waals surface area (Å²) >= 11 is 0. The number of benzene rings is 2. The fourth-order valence-electron chi connectivity index (χ4n) is 3.50. The maximum Gasteiger partial charge on any atom is 0.332 e. The summed E-state index contributed by atoms with van der Waals surface area (Å²) in [5, 5.41) is 0. The molecule has 0 aliphatic rings. The van der Waals surface area contributed by atoms with Crippen LogP contribution in [0.25, 0.3) is 0 Å². The number of nitrogens with zero attached hydrogens (tertiary/aromatic N) is 2. The Bertz CT molecular complexity index is 1230. The van der Waals surface area contributed by atoms with E-state index in [4.69, 9.17) is 10.5 Å². The standard InChI is InChI=1S/C24H25N3O5/c1-3-18(17-12-8-5-9-13-17)23(30)32-15-19(28)20-21(25)27(24(31)26(2)22(20)29)14-16-10-6-4-7-11-16/h4-13,18H,3,14-15,25H2,1-2H3. The van der Waals surface area contributed by atoms with Crippen molar-refractivity contribution >= 4 is 17.6 Å². The van der Waals surface area contributed by atoms with Crippen molar-refractivity contribution in [2.45, 2.75) is 25.8 Å². The predicted molar refractivity (Wildman–Crippen MR) is 121 cm³/mol. The molecule has 0 saturated carbocycles. The molecule has 32 heavy (non-hydrogen) atoms. The maximum absolute atomic E-state index is 12.8. The molecular formula is C24H25N3O5. The SMILES string of the molecule is CCC(C(=O)OCC(=O)c1c(N)n(Cc2ccccc2)c(=O)n(C)c1=O)c1ccccc1. The highest BCUT2D eigenvalue weighted by Crippen LogP contribution is 2.21. The Morgan fingerprint density at radius 3 is 2.19 bits per heavy atom. The first-order valence-corrected chi connectivity index (χ1v) is 10.2. The molecule has 8 nitrogen and oxygen atoms in total. The molecule has 1 aromatic heterocycles. The van der Waals surface area contributed by atoms with Crippen LogP contribution in [-0.4, -0.2) is 27.5 Å². The molecule has 0 aliphatic heterocycles. The molecule has 3 rings (SSSR count). The molecule has 0 radical (unpaired) electrons. The summed E-state index contributed by atoms with van der Waals surface area (Å²) in [5.41, 5.74) is 5.79. The van der Waals surface area contributed by atoms with Crippen LogP contribution in [0.15, 0.2) is 70.3 Å². The van der Waals surface area contributed by atoms with Crippen LogP contribution in [0.5, 0.6) is 0 Å². The van der Waals surface area contributed by atoms with Gasteiger partial charge in [0, 0.05) is 7.05 Å². The van der Waals surface area contributed by atoms with E-state index in [1.165, 1.54) is 7.05 Å². The number of carbonyl (C=O) groups is 2. The second-order valence-electron chi connectivity index (χ2n) is 7.38. The number of Topliss-reactive ketones (excluding diaryl/α,β-unsaturated/α-hetero) is 1. The quantitative estimate of drug-likeness (QED) is 0.428. The number of nitrogens with two attached hydrogens (primary N) is 1. The Morgan fingerprint density at radius 1 is 1.00 bits per heavy atom. The third kappa shape index (κ3) is 4.69. The predicted octanol–water partition coefficient (Wildman–Crippen LogP) is 2.10. The molecule has 3 aromatic rings. The Labute approximate surface area is 184 Å². The first-order valence-electron chi connectivity index (χ1n) is 10.2. The van der Waals surface area contributed by atoms with Gasteiger partial charge in [-0.15, -0.1) is 0 Å². The smallest absolute Gasteiger partial charge is 0.332 e. The van der Waals surface area contributed by atoms with Crippen LogP contribution in [0.4, 0.5) is 5.82 Å². The van der Waals surface area contributed by atoms with Gasteiger partial charge >= 0.3 is 11.7 Å². The zero-order valence-electron chi connectivity index (χ0n) is 18.0. The lowest BCUT2D eigenvalue weighted by atomic mass is 9.97. The molecule has 0 amide bonds. The number of ether oxygens (including phenoxy) is 1. The molecule has 166 valence electrons. The van der Waals surface area contributed by atoms with Crippen LogP contribution in [0, 0.1) is 0 Å². The fourth-order valence-corrected chi connectivity index (χ4v) is 3.50. The van der Waals surface area contributed by atoms with Gasteiger partial charge in [-0.1, -0.05) is 67.6 Å². The Balaban J connectivity index is 1.85. The van der Waals surface area contributed by atoms with E-state index < -0.39 is 35.5 Å². The van der Waals surface area contributed by atoms with Gasteiger partial charge in [-0.05, 0) is 17.5 Å². The number of hydrogen-bond acceptors (Lipinski definition) is 6. The van der Waals surface area contributed by atoms with E-state index in [0.717, 1.165) is 20.3 Å². The van der Waals surface area contributed by atoms with E-state index in [0.29, 0.717) is 6.42 Å². The van der Waals surface area contributed by atoms with E-state index >= 15 is 0 Å². The van der Waals surface area contributed by atoms with E-state index in [2.05, 4.69) is 0 Å². The van der Waals surface area contributed by atoms with Crippen LogP contribution in [0.3, 0.4) is 0 Å². The fraction of sp³-hybridized carbons (Fsp3) is 0.250. The van der Waals surface area contributed by atoms with E-state index in [1.807, 2.05) is 43.3 Å². The molecule has 1 atom stereocenters. The lowest BCUT2D eigenvalue weighted by molar-refractivity contribution is -0.144. The topological polar surface area (TPSA) is 113 Å². The minimum Gasteiger partial charge on any atom is -0.457 e. The van der Waals surface area contributed by atoms with Gasteiger partial charge in [-0.3, -0.25) is 23.5 Å². The monoisotopic (exact) mass is 435 g/mol. The van der Waals surface area contributed by atoms with Crippen molar-refractivity contribution in [1.82, 2.24) is 9.13 Å². The van der Waals surface area contributed by atoms with Gasteiger partial charge in [0.15, 0.2) is 6.61 Å². The van der Waals surface area contributed by atoms with Gasteiger partial charge in [0.05, 0.1) is 12.5 Å². The molecule has 0 saturated heterocycles. The third-order valence-electron chi connectivity index (χ3n) is 5.29. The normalized spacial score (nSPS) is 11.7. The first-order chi connectivity index (χ1) is 15.3. The van der Waals surface area contributed by atoms with Crippen LogP contribution >= 0.6 is 0 Å². The van der Waals surface area contributed by atoms with Gasteiger partial charge in [0.25, 0.3) is 5.56 Å². The molecule has 2 aromatic carbocycles. The third-order valence-corrected chi connectivity index (χ3v) is 5.29. The van der Waals surface area contributed by atoms with Gasteiger partial charge in [-0.2, -0.15) is 0 Å². The Kier molecular flexibility index (Phi) is 7.04. The van der Waals surface area contributed by atoms with Crippen LogP contribution in [0.2, 0.25) is 0 Å². The number of nitrogen functional groups attached to an aromatic ring is 1. The van der Waals surface area contributed by atoms with Crippen molar-refractivity contribution in [3.8, 4) is 0 Å². The van der Waals surface area contributed by atoms with Gasteiger partial charge in [0.1, 0.15) is 11.4 Å². The molecule has 0 aliphatic carbocycles. The summed E-state index contributed by atoms with van der Waals surface area (Å²) in [7, 11) is 1.27. The number of hydrogen-bond donors (Lipinski definition) is 1. The van der Waals surface area contributed by atoms with Crippen molar-refractivity contribution in [2.24, 2.45) is 7.05 Å². The zero-order valence-corrected chi connectivity index (χ0v) is 18.0. The minimum atomic E-state index is -0.826. The summed E-state index contributed by atoms with van der Waals surface area (Å²) < 4.78 is 7.21. The largest absolute Gasteiger partial charge is 0.457 e. The second-order valence-corrected chi connectivity index (χ2v) is 7.38. The second kappa shape index (κ2) is 9.91. The van der Waals surface area contributed by atoms with E-state index in [9.17, 15) is 19.2 Å². The summed E-state index contributed by atoms with van der Waals surface area (Å²) in [6.07, 6.45) is 0.489. The molecule has 0 spiro atoms. The molecular weight excluding hydrogens is 410 g/mol. The molecule has 1 heterocycles. The lowest BCUT2D eigenvalue weighted by Gasteiger charge is -2.16. The van der Waals surface area contributed by atoms with Crippen LogP contribution in [-0.2, 0) is 23.1 Å². The van der Waals surface area contributed by atoms with Crippen molar-refractivity contribution < 1.29 is 14.3 Å². The highest BCUT2D eigenvalue weighted by atomic mass is 16.5. The van der Waals surface area contributed by atoms with Crippen molar-refractivity contribution in [3.05, 3.63) is 98.2 Å². The molecule has 0 bridgehead atoms. The number of carbonyl (C=O) groups excluding carboxylic acids is 2. The first kappa shape index (κ1) is 22.7. The lowest BCUT2D eigenvalue weighted by Crippen LogP contribution is -2.43. The van der Waals surface area contributed by atoms with Crippen molar-refractivity contribution in [1.29, 1.82) is 0 Å². The molecule has 8 heteroatoms. The summed E-state index contributed by atoms with van der Waals surface area (Å²) in [6, 6.07) is 18.1. The summed E-state index contributed by atoms with van der Waals surface area (Å²) in [6.45, 7) is 1.28. The number of rotatable bonds is 8. The molecule has 0 fully saturated rings. The van der Waals surface area contributed by atoms with E-state index in [1.54, 1.807) is 24.3 Å². The van der Waals surface area contributed by atoms with E-state index in [-0.39, 0.29) is 17.9 Å². The highest BCUT2D eigenvalue weighted by molar-refractivity contribution is 6.01. The van der Waals surface area contributed by atoms with Crippen molar-refractivity contribution in [2.75, 3.05) is 12.3 Å². The van der Waals surface area contributed by atoms with Crippen LogP contribution < -0.4 is 17.0 Å². The van der Waals surface area contributed by atoms with Crippen LogP contribution in [0.1, 0.15) is 40.7 Å². The Morgan fingerprint density at radius 2 is 1.59 bits per heavy atom. The number of anilines is 1. The minimum absolute atomic E-state index is 0.0889. The molecule has 2 N–H and O–H groups in total.